The molecule has 27 heavy (non-hydrogen) atoms. The molecule has 1 heterocycles. The molecule has 2 aromatic carbocycles. The molecule has 140 valence electrons. The van der Waals surface area contributed by atoms with E-state index in [1.807, 2.05) is 13.0 Å². The predicted octanol–water partition coefficient (Wildman–Crippen LogP) is 4.07. The highest BCUT2D eigenvalue weighted by atomic mass is 79.9. The smallest absolute Gasteiger partial charge is 0.324 e. The number of nitrogens with zero attached hydrogens (tertiary/aromatic N) is 4. The first-order valence-electron chi connectivity index (χ1n) is 7.74. The molecule has 0 atom stereocenters. The number of alkyl halides is 3. The zero-order valence-electron chi connectivity index (χ0n) is 14.0. The fourth-order valence-corrected chi connectivity index (χ4v) is 2.61. The van der Waals surface area contributed by atoms with E-state index in [1.54, 1.807) is 12.1 Å². The fraction of sp³-hybridized carbons (Fsp3) is 0.176. The number of carbonyl (C=O) groups excluding carboxylic acids is 1. The van der Waals surface area contributed by atoms with Gasteiger partial charge < -0.3 is 5.32 Å². The van der Waals surface area contributed by atoms with Gasteiger partial charge in [-0.05, 0) is 42.0 Å². The number of carbonyl (C=O) groups is 1. The second kappa shape index (κ2) is 7.47. The quantitative estimate of drug-likeness (QED) is 0.664. The molecular weight excluding hydrogens is 427 g/mol. The zero-order chi connectivity index (χ0) is 19.6. The van der Waals surface area contributed by atoms with Crippen molar-refractivity contribution in [1.29, 1.82) is 0 Å². The van der Waals surface area contributed by atoms with E-state index < -0.39 is 11.7 Å². The molecule has 3 rings (SSSR count). The van der Waals surface area contributed by atoms with Crippen LogP contribution in [0.3, 0.4) is 0 Å². The van der Waals surface area contributed by atoms with E-state index in [0.717, 1.165) is 27.0 Å². The molecule has 1 N–H and O–H groups in total. The van der Waals surface area contributed by atoms with Gasteiger partial charge >= 0.3 is 6.18 Å². The maximum absolute atomic E-state index is 12.6. The molecule has 0 bridgehead atoms. The van der Waals surface area contributed by atoms with E-state index in [0.29, 0.717) is 11.3 Å². The highest BCUT2D eigenvalue weighted by Crippen LogP contribution is 2.30. The van der Waals surface area contributed by atoms with Gasteiger partial charge in [-0.15, -0.1) is 10.2 Å². The highest BCUT2D eigenvalue weighted by molar-refractivity contribution is 9.10. The van der Waals surface area contributed by atoms with E-state index in [4.69, 9.17) is 0 Å². The number of nitrogens with one attached hydrogen (secondary N) is 1. The van der Waals surface area contributed by atoms with Gasteiger partial charge in [-0.2, -0.15) is 18.0 Å². The lowest BCUT2D eigenvalue weighted by Gasteiger charge is -2.06. The number of hydrogen-bond acceptors (Lipinski definition) is 4. The van der Waals surface area contributed by atoms with Gasteiger partial charge in [0.05, 0.1) is 5.56 Å². The monoisotopic (exact) mass is 439 g/mol. The first-order chi connectivity index (χ1) is 12.7. The average Bonchev–Trinajstić information content (AvgIpc) is 3.06. The number of tetrazole rings is 1. The SMILES string of the molecule is Cc1ccc(NC(=O)Cn2nnc(-c3ccc(C(F)(F)F)cc3)n2)cc1Br. The molecule has 0 aliphatic carbocycles. The fourth-order valence-electron chi connectivity index (χ4n) is 2.23. The van der Waals surface area contributed by atoms with Crippen LogP contribution in [0.2, 0.25) is 0 Å². The average molecular weight is 440 g/mol. The Kier molecular flexibility index (Phi) is 5.26. The van der Waals surface area contributed by atoms with Crippen molar-refractivity contribution in [1.82, 2.24) is 20.2 Å². The Morgan fingerprint density at radius 3 is 2.52 bits per heavy atom. The summed E-state index contributed by atoms with van der Waals surface area (Å²) in [7, 11) is 0. The van der Waals surface area contributed by atoms with Gasteiger partial charge in [0.15, 0.2) is 0 Å². The molecular formula is C17H13BrF3N5O. The van der Waals surface area contributed by atoms with Crippen LogP contribution in [0.1, 0.15) is 11.1 Å². The molecule has 0 radical (unpaired) electrons. The third-order valence-corrected chi connectivity index (χ3v) is 4.52. The van der Waals surface area contributed by atoms with E-state index in [2.05, 4.69) is 36.7 Å². The Bertz CT molecular complexity index is 969. The van der Waals surface area contributed by atoms with Crippen molar-refractivity contribution in [2.24, 2.45) is 0 Å². The first-order valence-corrected chi connectivity index (χ1v) is 8.53. The summed E-state index contributed by atoms with van der Waals surface area (Å²) in [5.74, 6) is -0.225. The summed E-state index contributed by atoms with van der Waals surface area (Å²) in [5, 5.41) is 14.3. The third-order valence-electron chi connectivity index (χ3n) is 3.66. The second-order valence-electron chi connectivity index (χ2n) is 5.73. The van der Waals surface area contributed by atoms with Crippen molar-refractivity contribution in [3.63, 3.8) is 0 Å². The van der Waals surface area contributed by atoms with Crippen LogP contribution in [0.15, 0.2) is 46.9 Å². The van der Waals surface area contributed by atoms with Crippen LogP contribution >= 0.6 is 15.9 Å². The Morgan fingerprint density at radius 1 is 1.19 bits per heavy atom. The van der Waals surface area contributed by atoms with E-state index in [-0.39, 0.29) is 18.3 Å². The van der Waals surface area contributed by atoms with E-state index in [1.165, 1.54) is 12.1 Å². The van der Waals surface area contributed by atoms with Gasteiger partial charge in [0.1, 0.15) is 6.54 Å². The standard InChI is InChI=1S/C17H13BrF3N5O/c1-10-2-7-13(8-14(10)18)22-15(27)9-26-24-16(23-25-26)11-3-5-12(6-4-11)17(19,20)21/h2-8H,9H2,1H3,(H,22,27). The summed E-state index contributed by atoms with van der Waals surface area (Å²) >= 11 is 3.39. The topological polar surface area (TPSA) is 72.7 Å². The summed E-state index contributed by atoms with van der Waals surface area (Å²) < 4.78 is 38.7. The Morgan fingerprint density at radius 2 is 1.89 bits per heavy atom. The summed E-state index contributed by atoms with van der Waals surface area (Å²) in [5.41, 5.74) is 1.26. The maximum atomic E-state index is 12.6. The number of anilines is 1. The summed E-state index contributed by atoms with van der Waals surface area (Å²) in [6.45, 7) is 1.75. The molecule has 0 aliphatic heterocycles. The molecule has 0 aliphatic rings. The Balaban J connectivity index is 1.66. The Labute approximate surface area is 160 Å². The minimum Gasteiger partial charge on any atom is -0.324 e. The number of rotatable bonds is 4. The van der Waals surface area contributed by atoms with Crippen molar-refractivity contribution < 1.29 is 18.0 Å². The van der Waals surface area contributed by atoms with Gasteiger partial charge in [-0.3, -0.25) is 4.79 Å². The molecule has 6 nitrogen and oxygen atoms in total. The molecule has 10 heteroatoms. The van der Waals surface area contributed by atoms with Gasteiger partial charge in [0.25, 0.3) is 0 Å². The Hall–Kier alpha value is -2.75. The van der Waals surface area contributed by atoms with Gasteiger partial charge in [0.2, 0.25) is 11.7 Å². The number of hydrogen-bond donors (Lipinski definition) is 1. The molecule has 0 saturated heterocycles. The normalized spacial score (nSPS) is 11.4. The maximum Gasteiger partial charge on any atom is 0.416 e. The van der Waals surface area contributed by atoms with Crippen LogP contribution in [0.4, 0.5) is 18.9 Å². The molecule has 0 spiro atoms. The van der Waals surface area contributed by atoms with Crippen LogP contribution in [-0.4, -0.2) is 26.1 Å². The minimum atomic E-state index is -4.41. The molecule has 0 saturated carbocycles. The molecule has 3 aromatic rings. The molecule has 1 aromatic heterocycles. The summed E-state index contributed by atoms with van der Waals surface area (Å²) in [6.07, 6.45) is -4.41. The third kappa shape index (κ3) is 4.70. The van der Waals surface area contributed by atoms with Crippen LogP contribution in [0.25, 0.3) is 11.4 Å². The largest absolute Gasteiger partial charge is 0.416 e. The van der Waals surface area contributed by atoms with Crippen LogP contribution in [0, 0.1) is 6.92 Å². The van der Waals surface area contributed by atoms with Gasteiger partial charge in [0, 0.05) is 15.7 Å². The molecule has 0 unspecified atom stereocenters. The second-order valence-corrected chi connectivity index (χ2v) is 6.59. The lowest BCUT2D eigenvalue weighted by Crippen LogP contribution is -2.20. The zero-order valence-corrected chi connectivity index (χ0v) is 15.5. The number of benzene rings is 2. The minimum absolute atomic E-state index is 0.134. The van der Waals surface area contributed by atoms with Crippen LogP contribution < -0.4 is 5.32 Å². The van der Waals surface area contributed by atoms with Crippen molar-refractivity contribution in [2.45, 2.75) is 19.6 Å². The predicted molar refractivity (Wildman–Crippen MR) is 95.8 cm³/mol. The molecule has 1 amide bonds. The first kappa shape index (κ1) is 19.0. The van der Waals surface area contributed by atoms with Crippen molar-refractivity contribution >= 4 is 27.5 Å². The lowest BCUT2D eigenvalue weighted by molar-refractivity contribution is -0.137. The number of aryl methyl sites for hydroxylation is 1. The van der Waals surface area contributed by atoms with Crippen LogP contribution in [-0.2, 0) is 17.5 Å². The van der Waals surface area contributed by atoms with E-state index >= 15 is 0 Å². The number of aromatic nitrogens is 4. The van der Waals surface area contributed by atoms with Crippen molar-refractivity contribution in [3.8, 4) is 11.4 Å². The van der Waals surface area contributed by atoms with Crippen LogP contribution in [0.5, 0.6) is 0 Å². The highest BCUT2D eigenvalue weighted by Gasteiger charge is 2.30. The summed E-state index contributed by atoms with van der Waals surface area (Å²) in [6, 6.07) is 9.80. The van der Waals surface area contributed by atoms with Crippen molar-refractivity contribution in [3.05, 3.63) is 58.1 Å². The molecule has 0 fully saturated rings. The van der Waals surface area contributed by atoms with Gasteiger partial charge in [-0.25, -0.2) is 0 Å². The van der Waals surface area contributed by atoms with Crippen molar-refractivity contribution in [2.75, 3.05) is 5.32 Å². The lowest BCUT2D eigenvalue weighted by atomic mass is 10.1. The van der Waals surface area contributed by atoms with Gasteiger partial charge in [-0.1, -0.05) is 34.1 Å². The number of amides is 1. The van der Waals surface area contributed by atoms with E-state index in [9.17, 15) is 18.0 Å². The summed E-state index contributed by atoms with van der Waals surface area (Å²) in [4.78, 5) is 13.2. The number of halogens is 4.